The molecule has 0 aliphatic heterocycles. The van der Waals surface area contributed by atoms with E-state index >= 15 is 0 Å². The zero-order valence-electron chi connectivity index (χ0n) is 13.3. The number of rotatable bonds is 6. The quantitative estimate of drug-likeness (QED) is 0.847. The molecule has 0 saturated heterocycles. The number of anilines is 1. The van der Waals surface area contributed by atoms with Crippen molar-refractivity contribution >= 4 is 5.82 Å². The Bertz CT molecular complexity index is 382. The molecule has 3 nitrogen and oxygen atoms in total. The minimum absolute atomic E-state index is 0.285. The van der Waals surface area contributed by atoms with Gasteiger partial charge in [0.2, 0.25) is 0 Å². The van der Waals surface area contributed by atoms with Crippen LogP contribution in [0.2, 0.25) is 0 Å². The Balaban J connectivity index is 2.66. The van der Waals surface area contributed by atoms with Crippen molar-refractivity contribution < 1.29 is 0 Å². The van der Waals surface area contributed by atoms with Crippen molar-refractivity contribution in [3.63, 3.8) is 0 Å². The summed E-state index contributed by atoms with van der Waals surface area (Å²) in [5.74, 6) is 0.983. The summed E-state index contributed by atoms with van der Waals surface area (Å²) >= 11 is 0. The molecular weight excluding hydrogens is 234 g/mol. The summed E-state index contributed by atoms with van der Waals surface area (Å²) in [6, 6.07) is 6.73. The van der Waals surface area contributed by atoms with Gasteiger partial charge in [-0.05, 0) is 37.9 Å². The van der Waals surface area contributed by atoms with Gasteiger partial charge in [-0.25, -0.2) is 4.98 Å². The summed E-state index contributed by atoms with van der Waals surface area (Å²) in [5, 5.41) is 3.34. The van der Waals surface area contributed by atoms with Gasteiger partial charge in [0.05, 0.1) is 5.69 Å². The fraction of sp³-hybridized carbons (Fsp3) is 0.688. The van der Waals surface area contributed by atoms with Crippen molar-refractivity contribution in [3.05, 3.63) is 23.9 Å². The molecule has 0 aromatic carbocycles. The van der Waals surface area contributed by atoms with E-state index in [1.807, 2.05) is 6.07 Å². The van der Waals surface area contributed by atoms with E-state index in [-0.39, 0.29) is 5.41 Å². The topological polar surface area (TPSA) is 28.2 Å². The first-order valence-electron chi connectivity index (χ1n) is 7.24. The lowest BCUT2D eigenvalue weighted by atomic mass is 9.87. The molecule has 1 heterocycles. The van der Waals surface area contributed by atoms with E-state index in [0.717, 1.165) is 31.0 Å². The molecule has 1 N–H and O–H groups in total. The van der Waals surface area contributed by atoms with Gasteiger partial charge in [-0.3, -0.25) is 4.90 Å². The van der Waals surface area contributed by atoms with E-state index in [4.69, 9.17) is 0 Å². The van der Waals surface area contributed by atoms with Gasteiger partial charge in [-0.1, -0.05) is 33.8 Å². The van der Waals surface area contributed by atoms with Crippen LogP contribution in [0.15, 0.2) is 18.2 Å². The molecule has 1 atom stereocenters. The van der Waals surface area contributed by atoms with E-state index in [1.165, 1.54) is 0 Å². The molecule has 0 aliphatic rings. The monoisotopic (exact) mass is 263 g/mol. The van der Waals surface area contributed by atoms with Crippen LogP contribution in [0.5, 0.6) is 0 Å². The summed E-state index contributed by atoms with van der Waals surface area (Å²) < 4.78 is 0. The number of nitrogens with zero attached hydrogens (tertiary/aromatic N) is 2. The van der Waals surface area contributed by atoms with Crippen molar-refractivity contribution in [2.45, 2.75) is 53.6 Å². The molecular formula is C16H29N3. The Morgan fingerprint density at radius 1 is 1.32 bits per heavy atom. The second-order valence-corrected chi connectivity index (χ2v) is 6.40. The van der Waals surface area contributed by atoms with Gasteiger partial charge >= 0.3 is 0 Å². The smallest absolute Gasteiger partial charge is 0.126 e. The van der Waals surface area contributed by atoms with Gasteiger partial charge in [-0.15, -0.1) is 0 Å². The van der Waals surface area contributed by atoms with Crippen molar-refractivity contribution in [3.8, 4) is 0 Å². The Morgan fingerprint density at radius 3 is 2.58 bits per heavy atom. The third-order valence-electron chi connectivity index (χ3n) is 3.69. The van der Waals surface area contributed by atoms with Gasteiger partial charge in [0.1, 0.15) is 5.82 Å². The maximum atomic E-state index is 4.66. The fourth-order valence-corrected chi connectivity index (χ4v) is 1.97. The molecule has 108 valence electrons. The van der Waals surface area contributed by atoms with E-state index < -0.39 is 0 Å². The second-order valence-electron chi connectivity index (χ2n) is 6.40. The molecule has 1 rings (SSSR count). The SMILES string of the molecule is CCCNc1cccc(CN(C)C(C)C(C)(C)C)n1. The highest BCUT2D eigenvalue weighted by molar-refractivity contribution is 5.35. The molecule has 1 aromatic rings. The molecule has 1 unspecified atom stereocenters. The minimum Gasteiger partial charge on any atom is -0.370 e. The van der Waals surface area contributed by atoms with Crippen LogP contribution in [0.3, 0.4) is 0 Å². The van der Waals surface area contributed by atoms with Crippen molar-refractivity contribution in [2.24, 2.45) is 5.41 Å². The predicted molar refractivity (Wildman–Crippen MR) is 83.4 cm³/mol. The van der Waals surface area contributed by atoms with E-state index in [2.05, 4.69) is 69.0 Å². The standard InChI is InChI=1S/C16H29N3/c1-7-11-17-15-10-8-9-14(18-15)12-19(6)13(2)16(3,4)5/h8-10,13H,7,11-12H2,1-6H3,(H,17,18). The molecule has 0 bridgehead atoms. The van der Waals surface area contributed by atoms with Gasteiger partial charge in [0, 0.05) is 19.1 Å². The molecule has 3 heteroatoms. The Labute approximate surface area is 118 Å². The minimum atomic E-state index is 0.285. The van der Waals surface area contributed by atoms with Gasteiger partial charge < -0.3 is 5.32 Å². The number of hydrogen-bond acceptors (Lipinski definition) is 3. The maximum absolute atomic E-state index is 4.66. The lowest BCUT2D eigenvalue weighted by Crippen LogP contribution is -2.38. The average Bonchev–Trinajstić information content (AvgIpc) is 2.34. The molecule has 19 heavy (non-hydrogen) atoms. The highest BCUT2D eigenvalue weighted by Crippen LogP contribution is 2.24. The maximum Gasteiger partial charge on any atom is 0.126 e. The molecule has 0 radical (unpaired) electrons. The second kappa shape index (κ2) is 6.90. The highest BCUT2D eigenvalue weighted by atomic mass is 15.1. The first kappa shape index (κ1) is 16.0. The van der Waals surface area contributed by atoms with Crippen LogP contribution in [0.1, 0.15) is 46.7 Å². The summed E-state index contributed by atoms with van der Waals surface area (Å²) in [6.45, 7) is 13.1. The van der Waals surface area contributed by atoms with Crippen LogP contribution in [0, 0.1) is 5.41 Å². The Hall–Kier alpha value is -1.09. The van der Waals surface area contributed by atoms with Gasteiger partial charge in [-0.2, -0.15) is 0 Å². The normalized spacial score (nSPS) is 13.6. The Kier molecular flexibility index (Phi) is 5.80. The first-order valence-corrected chi connectivity index (χ1v) is 7.24. The third-order valence-corrected chi connectivity index (χ3v) is 3.69. The molecule has 1 aromatic heterocycles. The fourth-order valence-electron chi connectivity index (χ4n) is 1.97. The lowest BCUT2D eigenvalue weighted by Gasteiger charge is -2.35. The van der Waals surface area contributed by atoms with Gasteiger partial charge in [0.15, 0.2) is 0 Å². The lowest BCUT2D eigenvalue weighted by molar-refractivity contribution is 0.133. The molecule has 0 saturated carbocycles. The number of nitrogens with one attached hydrogen (secondary N) is 1. The number of hydrogen-bond donors (Lipinski definition) is 1. The van der Waals surface area contributed by atoms with Gasteiger partial charge in [0.25, 0.3) is 0 Å². The van der Waals surface area contributed by atoms with Crippen LogP contribution in [-0.4, -0.2) is 29.5 Å². The van der Waals surface area contributed by atoms with Crippen LogP contribution in [-0.2, 0) is 6.54 Å². The number of pyridine rings is 1. The van der Waals surface area contributed by atoms with Crippen molar-refractivity contribution in [1.29, 1.82) is 0 Å². The molecule has 0 amide bonds. The summed E-state index contributed by atoms with van der Waals surface area (Å²) in [6.07, 6.45) is 1.12. The van der Waals surface area contributed by atoms with Crippen molar-refractivity contribution in [2.75, 3.05) is 18.9 Å². The average molecular weight is 263 g/mol. The first-order chi connectivity index (χ1) is 8.84. The van der Waals surface area contributed by atoms with Crippen LogP contribution >= 0.6 is 0 Å². The van der Waals surface area contributed by atoms with E-state index in [1.54, 1.807) is 0 Å². The molecule has 0 fully saturated rings. The summed E-state index contributed by atoms with van der Waals surface area (Å²) in [7, 11) is 2.17. The molecule has 0 aliphatic carbocycles. The zero-order chi connectivity index (χ0) is 14.5. The van der Waals surface area contributed by atoms with Crippen LogP contribution in [0.25, 0.3) is 0 Å². The summed E-state index contributed by atoms with van der Waals surface area (Å²) in [5.41, 5.74) is 1.41. The molecule has 0 spiro atoms. The highest BCUT2D eigenvalue weighted by Gasteiger charge is 2.23. The van der Waals surface area contributed by atoms with Crippen LogP contribution < -0.4 is 5.32 Å². The summed E-state index contributed by atoms with van der Waals surface area (Å²) in [4.78, 5) is 7.03. The van der Waals surface area contributed by atoms with E-state index in [9.17, 15) is 0 Å². The predicted octanol–water partition coefficient (Wildman–Crippen LogP) is 3.77. The third kappa shape index (κ3) is 5.19. The zero-order valence-corrected chi connectivity index (χ0v) is 13.3. The van der Waals surface area contributed by atoms with E-state index in [0.29, 0.717) is 6.04 Å². The number of aromatic nitrogens is 1. The Morgan fingerprint density at radius 2 is 2.00 bits per heavy atom. The van der Waals surface area contributed by atoms with Crippen LogP contribution in [0.4, 0.5) is 5.82 Å². The van der Waals surface area contributed by atoms with Crippen molar-refractivity contribution in [1.82, 2.24) is 9.88 Å². The largest absolute Gasteiger partial charge is 0.370 e.